The van der Waals surface area contributed by atoms with Crippen LogP contribution in [0.3, 0.4) is 0 Å². The molecule has 0 fully saturated rings. The second-order valence-corrected chi connectivity index (χ2v) is 7.40. The lowest BCUT2D eigenvalue weighted by molar-refractivity contribution is 0.0527. The van der Waals surface area contributed by atoms with E-state index in [0.29, 0.717) is 17.0 Å². The number of carbonyl (C=O) groups is 1. The molecular formula is C19H23NO5S. The molecule has 0 aromatic heterocycles. The Hall–Kier alpha value is -2.54. The lowest BCUT2D eigenvalue weighted by Crippen LogP contribution is -2.32. The average molecular weight is 377 g/mol. The highest BCUT2D eigenvalue weighted by Crippen LogP contribution is 2.29. The quantitative estimate of drug-likeness (QED) is 0.692. The number of esters is 1. The van der Waals surface area contributed by atoms with Crippen LogP contribution >= 0.6 is 0 Å². The van der Waals surface area contributed by atoms with Gasteiger partial charge in [-0.1, -0.05) is 12.1 Å². The normalized spacial score (nSPS) is 11.1. The molecule has 2 aromatic carbocycles. The first kappa shape index (κ1) is 19.8. The van der Waals surface area contributed by atoms with E-state index in [1.54, 1.807) is 57.2 Å². The van der Waals surface area contributed by atoms with Crippen LogP contribution in [0, 0.1) is 6.92 Å². The fraction of sp³-hybridized carbons (Fsp3) is 0.316. The summed E-state index contributed by atoms with van der Waals surface area (Å²) in [6.45, 7) is 5.58. The third-order valence-corrected chi connectivity index (χ3v) is 5.79. The van der Waals surface area contributed by atoms with Gasteiger partial charge in [0.2, 0.25) is 0 Å². The molecule has 2 rings (SSSR count). The summed E-state index contributed by atoms with van der Waals surface area (Å²) in [6.07, 6.45) is 0. The number of aryl methyl sites for hydroxylation is 1. The Kier molecular flexibility index (Phi) is 6.26. The number of sulfonamides is 1. The third-order valence-electron chi connectivity index (χ3n) is 3.91. The van der Waals surface area contributed by atoms with E-state index in [1.807, 2.05) is 0 Å². The number of rotatable bonds is 7. The molecule has 0 aliphatic rings. The van der Waals surface area contributed by atoms with Gasteiger partial charge < -0.3 is 9.47 Å². The molecular weight excluding hydrogens is 354 g/mol. The largest absolute Gasteiger partial charge is 0.496 e. The Balaban J connectivity index is 2.54. The van der Waals surface area contributed by atoms with E-state index in [9.17, 15) is 13.2 Å². The number of ether oxygens (including phenoxy) is 2. The molecule has 0 aliphatic heterocycles. The summed E-state index contributed by atoms with van der Waals surface area (Å²) in [5.41, 5.74) is 1.22. The van der Waals surface area contributed by atoms with Crippen molar-refractivity contribution in [2.75, 3.05) is 24.6 Å². The van der Waals surface area contributed by atoms with Gasteiger partial charge in [0.05, 0.1) is 29.9 Å². The molecule has 0 aliphatic carbocycles. The zero-order valence-electron chi connectivity index (χ0n) is 15.4. The van der Waals surface area contributed by atoms with Crippen LogP contribution in [-0.2, 0) is 14.8 Å². The summed E-state index contributed by atoms with van der Waals surface area (Å²) < 4.78 is 37.8. The number of hydrogen-bond donors (Lipinski definition) is 0. The number of carbonyl (C=O) groups excluding carboxylic acids is 1. The summed E-state index contributed by atoms with van der Waals surface area (Å²) in [5.74, 6) is 0.0570. The number of anilines is 1. The van der Waals surface area contributed by atoms with Crippen LogP contribution in [-0.4, -0.2) is 34.6 Å². The molecule has 0 bridgehead atoms. The second-order valence-electron chi connectivity index (χ2n) is 5.54. The van der Waals surface area contributed by atoms with Crippen molar-refractivity contribution in [1.82, 2.24) is 0 Å². The van der Waals surface area contributed by atoms with Crippen molar-refractivity contribution in [3.05, 3.63) is 53.6 Å². The first-order valence-electron chi connectivity index (χ1n) is 8.30. The number of hydrogen-bond acceptors (Lipinski definition) is 5. The number of methoxy groups -OCH3 is 1. The van der Waals surface area contributed by atoms with Gasteiger partial charge in [-0.25, -0.2) is 13.2 Å². The predicted molar refractivity (Wildman–Crippen MR) is 100 cm³/mol. The van der Waals surface area contributed by atoms with Crippen LogP contribution in [0.5, 0.6) is 5.75 Å². The van der Waals surface area contributed by atoms with Gasteiger partial charge in [-0.2, -0.15) is 0 Å². The Morgan fingerprint density at radius 2 is 1.81 bits per heavy atom. The van der Waals surface area contributed by atoms with Gasteiger partial charge in [0.1, 0.15) is 5.75 Å². The molecule has 26 heavy (non-hydrogen) atoms. The van der Waals surface area contributed by atoms with Crippen molar-refractivity contribution in [3.63, 3.8) is 0 Å². The molecule has 0 atom stereocenters. The van der Waals surface area contributed by atoms with Gasteiger partial charge in [0.15, 0.2) is 0 Å². The first-order chi connectivity index (χ1) is 12.4. The standard InChI is InChI=1S/C19H23NO5S/c1-5-20(17-10-8-7-9-16(17)19(21)25-6-2)26(22,23)15-11-12-18(24-4)14(3)13-15/h7-13H,5-6H2,1-4H3. The van der Waals surface area contributed by atoms with Crippen molar-refractivity contribution in [2.24, 2.45) is 0 Å². The lowest BCUT2D eigenvalue weighted by Gasteiger charge is -2.25. The zero-order chi connectivity index (χ0) is 19.3. The monoisotopic (exact) mass is 377 g/mol. The molecule has 0 saturated carbocycles. The van der Waals surface area contributed by atoms with Crippen LogP contribution in [0.25, 0.3) is 0 Å². The minimum absolute atomic E-state index is 0.135. The maximum absolute atomic E-state index is 13.2. The zero-order valence-corrected chi connectivity index (χ0v) is 16.2. The molecule has 0 spiro atoms. The Morgan fingerprint density at radius 1 is 1.12 bits per heavy atom. The first-order valence-corrected chi connectivity index (χ1v) is 9.74. The van der Waals surface area contributed by atoms with E-state index in [0.717, 1.165) is 0 Å². The van der Waals surface area contributed by atoms with E-state index < -0.39 is 16.0 Å². The smallest absolute Gasteiger partial charge is 0.340 e. The van der Waals surface area contributed by atoms with E-state index in [2.05, 4.69) is 0 Å². The molecule has 140 valence electrons. The highest BCUT2D eigenvalue weighted by atomic mass is 32.2. The Bertz CT molecular complexity index is 893. The molecule has 0 N–H and O–H groups in total. The van der Waals surface area contributed by atoms with Crippen LogP contribution < -0.4 is 9.04 Å². The third kappa shape index (κ3) is 3.83. The van der Waals surface area contributed by atoms with Gasteiger partial charge in [-0.05, 0) is 56.7 Å². The van der Waals surface area contributed by atoms with E-state index in [1.165, 1.54) is 17.5 Å². The van der Waals surface area contributed by atoms with E-state index in [-0.39, 0.29) is 23.6 Å². The summed E-state index contributed by atoms with van der Waals surface area (Å²) in [4.78, 5) is 12.4. The molecule has 0 radical (unpaired) electrons. The minimum Gasteiger partial charge on any atom is -0.496 e. The maximum atomic E-state index is 13.2. The Morgan fingerprint density at radius 3 is 2.38 bits per heavy atom. The fourth-order valence-corrected chi connectivity index (χ4v) is 4.26. The van der Waals surface area contributed by atoms with Gasteiger partial charge in [-0.15, -0.1) is 0 Å². The predicted octanol–water partition coefficient (Wildman–Crippen LogP) is 3.40. The van der Waals surface area contributed by atoms with Crippen LogP contribution in [0.4, 0.5) is 5.69 Å². The van der Waals surface area contributed by atoms with Crippen molar-refractivity contribution in [1.29, 1.82) is 0 Å². The van der Waals surface area contributed by atoms with E-state index in [4.69, 9.17) is 9.47 Å². The second kappa shape index (κ2) is 8.23. The van der Waals surface area contributed by atoms with E-state index >= 15 is 0 Å². The molecule has 2 aromatic rings. The molecule has 0 unspecified atom stereocenters. The number of nitrogens with zero attached hydrogens (tertiary/aromatic N) is 1. The average Bonchev–Trinajstić information content (AvgIpc) is 2.62. The molecule has 0 heterocycles. The molecule has 7 heteroatoms. The van der Waals surface area contributed by atoms with Crippen LogP contribution in [0.1, 0.15) is 29.8 Å². The van der Waals surface area contributed by atoms with Crippen LogP contribution in [0.15, 0.2) is 47.4 Å². The Labute approximate surface area is 154 Å². The summed E-state index contributed by atoms with van der Waals surface area (Å²) in [7, 11) is -2.32. The lowest BCUT2D eigenvalue weighted by atomic mass is 10.2. The summed E-state index contributed by atoms with van der Waals surface area (Å²) in [5, 5.41) is 0. The summed E-state index contributed by atoms with van der Waals surface area (Å²) >= 11 is 0. The van der Waals surface area contributed by atoms with Crippen molar-refractivity contribution >= 4 is 21.7 Å². The van der Waals surface area contributed by atoms with Gasteiger partial charge in [0, 0.05) is 6.54 Å². The molecule has 0 saturated heterocycles. The molecule has 0 amide bonds. The fourth-order valence-electron chi connectivity index (χ4n) is 2.68. The van der Waals surface area contributed by atoms with Crippen molar-refractivity contribution in [2.45, 2.75) is 25.7 Å². The topological polar surface area (TPSA) is 72.9 Å². The SMILES string of the molecule is CCOC(=O)c1ccccc1N(CC)S(=O)(=O)c1ccc(OC)c(C)c1. The number of benzene rings is 2. The highest BCUT2D eigenvalue weighted by Gasteiger charge is 2.27. The molecule has 6 nitrogen and oxygen atoms in total. The minimum atomic E-state index is -3.85. The van der Waals surface area contributed by atoms with Crippen molar-refractivity contribution in [3.8, 4) is 5.75 Å². The maximum Gasteiger partial charge on any atom is 0.340 e. The van der Waals surface area contributed by atoms with Gasteiger partial charge in [-0.3, -0.25) is 4.31 Å². The van der Waals surface area contributed by atoms with Gasteiger partial charge >= 0.3 is 5.97 Å². The van der Waals surface area contributed by atoms with Crippen molar-refractivity contribution < 1.29 is 22.7 Å². The highest BCUT2D eigenvalue weighted by molar-refractivity contribution is 7.92. The number of para-hydroxylation sites is 1. The van der Waals surface area contributed by atoms with Crippen LogP contribution in [0.2, 0.25) is 0 Å². The van der Waals surface area contributed by atoms with Gasteiger partial charge in [0.25, 0.3) is 10.0 Å². The summed E-state index contributed by atoms with van der Waals surface area (Å²) in [6, 6.07) is 11.2.